The molecule has 0 spiro atoms. The maximum absolute atomic E-state index is 8.51. The average molecular weight is 167 g/mol. The Balaban J connectivity index is 2.31. The Morgan fingerprint density at radius 1 is 1.67 bits per heavy atom. The third kappa shape index (κ3) is 2.20. The quantitative estimate of drug-likeness (QED) is 0.575. The second kappa shape index (κ2) is 4.44. The first-order chi connectivity index (χ1) is 5.77. The van der Waals surface area contributed by atoms with E-state index >= 15 is 0 Å². The van der Waals surface area contributed by atoms with Crippen molar-refractivity contribution in [3.8, 4) is 6.07 Å². The van der Waals surface area contributed by atoms with Crippen LogP contribution in [0.4, 0.5) is 0 Å². The van der Waals surface area contributed by atoms with Gasteiger partial charge < -0.3 is 4.90 Å². The van der Waals surface area contributed by atoms with Crippen molar-refractivity contribution in [1.29, 1.82) is 5.26 Å². The van der Waals surface area contributed by atoms with Crippen LogP contribution in [0.1, 0.15) is 13.3 Å². The normalized spacial score (nSPS) is 24.7. The molecular weight excluding hydrogens is 150 g/mol. The standard InChI is InChI=1S/C9H17N3/c1-3-12-6-4-9(8-12)11(2)7-5-10/h9H,3-4,6-8H2,1-2H3. The van der Waals surface area contributed by atoms with Crippen molar-refractivity contribution in [1.82, 2.24) is 9.80 Å². The summed E-state index contributed by atoms with van der Waals surface area (Å²) in [6.45, 7) is 6.21. The molecule has 0 bridgehead atoms. The van der Waals surface area contributed by atoms with E-state index in [4.69, 9.17) is 5.26 Å². The molecular formula is C9H17N3. The first-order valence-corrected chi connectivity index (χ1v) is 4.57. The van der Waals surface area contributed by atoms with Crippen molar-refractivity contribution >= 4 is 0 Å². The van der Waals surface area contributed by atoms with E-state index in [9.17, 15) is 0 Å². The fourth-order valence-electron chi connectivity index (χ4n) is 1.70. The molecule has 1 aliphatic heterocycles. The minimum atomic E-state index is 0.558. The van der Waals surface area contributed by atoms with Crippen molar-refractivity contribution < 1.29 is 0 Å². The van der Waals surface area contributed by atoms with Crippen LogP contribution in [-0.2, 0) is 0 Å². The van der Waals surface area contributed by atoms with Crippen LogP contribution >= 0.6 is 0 Å². The highest BCUT2D eigenvalue weighted by Crippen LogP contribution is 2.12. The zero-order valence-corrected chi connectivity index (χ0v) is 7.95. The van der Waals surface area contributed by atoms with Gasteiger partial charge in [-0.05, 0) is 26.6 Å². The zero-order valence-electron chi connectivity index (χ0n) is 7.95. The van der Waals surface area contributed by atoms with Crippen LogP contribution in [0.5, 0.6) is 0 Å². The van der Waals surface area contributed by atoms with Gasteiger partial charge in [-0.25, -0.2) is 0 Å². The number of rotatable bonds is 3. The molecule has 0 saturated carbocycles. The Kier molecular flexibility index (Phi) is 3.51. The van der Waals surface area contributed by atoms with Gasteiger partial charge in [-0.3, -0.25) is 4.90 Å². The van der Waals surface area contributed by atoms with Crippen molar-refractivity contribution in [2.24, 2.45) is 0 Å². The van der Waals surface area contributed by atoms with Crippen molar-refractivity contribution in [3.05, 3.63) is 0 Å². The molecule has 3 heteroatoms. The molecule has 0 N–H and O–H groups in total. The smallest absolute Gasteiger partial charge is 0.0866 e. The van der Waals surface area contributed by atoms with Crippen LogP contribution < -0.4 is 0 Å². The Morgan fingerprint density at radius 3 is 2.92 bits per heavy atom. The van der Waals surface area contributed by atoms with Gasteiger partial charge in [0, 0.05) is 12.6 Å². The van der Waals surface area contributed by atoms with E-state index < -0.39 is 0 Å². The predicted molar refractivity (Wildman–Crippen MR) is 48.8 cm³/mol. The lowest BCUT2D eigenvalue weighted by Crippen LogP contribution is -2.34. The molecule has 0 amide bonds. The molecule has 0 aromatic heterocycles. The van der Waals surface area contributed by atoms with Gasteiger partial charge in [0.15, 0.2) is 0 Å². The van der Waals surface area contributed by atoms with Crippen LogP contribution in [0.15, 0.2) is 0 Å². The summed E-state index contributed by atoms with van der Waals surface area (Å²) >= 11 is 0. The lowest BCUT2D eigenvalue weighted by molar-refractivity contribution is 0.257. The summed E-state index contributed by atoms with van der Waals surface area (Å²) in [5.41, 5.74) is 0. The van der Waals surface area contributed by atoms with Gasteiger partial charge in [-0.15, -0.1) is 0 Å². The second-order valence-electron chi connectivity index (χ2n) is 3.41. The fraction of sp³-hybridized carbons (Fsp3) is 0.889. The average Bonchev–Trinajstić information content (AvgIpc) is 2.52. The summed E-state index contributed by atoms with van der Waals surface area (Å²) in [5, 5.41) is 8.51. The molecule has 0 aromatic rings. The minimum Gasteiger partial charge on any atom is -0.302 e. The molecule has 3 nitrogen and oxygen atoms in total. The molecule has 1 saturated heterocycles. The molecule has 68 valence electrons. The molecule has 0 radical (unpaired) electrons. The Labute approximate surface area is 74.6 Å². The lowest BCUT2D eigenvalue weighted by atomic mass is 10.2. The number of hydrogen-bond donors (Lipinski definition) is 0. The fourth-order valence-corrected chi connectivity index (χ4v) is 1.70. The van der Waals surface area contributed by atoms with E-state index in [-0.39, 0.29) is 0 Å². The summed E-state index contributed by atoms with van der Waals surface area (Å²) in [7, 11) is 2.03. The van der Waals surface area contributed by atoms with Crippen LogP contribution in [0.2, 0.25) is 0 Å². The molecule has 0 aliphatic carbocycles. The van der Waals surface area contributed by atoms with E-state index in [1.165, 1.54) is 13.0 Å². The summed E-state index contributed by atoms with van der Waals surface area (Å²) in [6, 6.07) is 2.79. The van der Waals surface area contributed by atoms with E-state index in [0.29, 0.717) is 12.6 Å². The highest BCUT2D eigenvalue weighted by molar-refractivity contribution is 4.85. The molecule has 1 aliphatic rings. The zero-order chi connectivity index (χ0) is 8.97. The number of nitrogens with zero attached hydrogens (tertiary/aromatic N) is 3. The topological polar surface area (TPSA) is 30.3 Å². The van der Waals surface area contributed by atoms with Gasteiger partial charge in [0.2, 0.25) is 0 Å². The highest BCUT2D eigenvalue weighted by Gasteiger charge is 2.23. The molecule has 1 rings (SSSR count). The third-order valence-corrected chi connectivity index (χ3v) is 2.64. The van der Waals surface area contributed by atoms with E-state index in [2.05, 4.69) is 22.8 Å². The van der Waals surface area contributed by atoms with Gasteiger partial charge in [0.05, 0.1) is 12.6 Å². The summed E-state index contributed by atoms with van der Waals surface area (Å²) in [4.78, 5) is 4.58. The lowest BCUT2D eigenvalue weighted by Gasteiger charge is -2.21. The Morgan fingerprint density at radius 2 is 2.42 bits per heavy atom. The molecule has 1 atom stereocenters. The summed E-state index contributed by atoms with van der Waals surface area (Å²) in [5.74, 6) is 0. The molecule has 12 heavy (non-hydrogen) atoms. The van der Waals surface area contributed by atoms with Crippen LogP contribution in [0, 0.1) is 11.3 Å². The second-order valence-corrected chi connectivity index (χ2v) is 3.41. The van der Waals surface area contributed by atoms with Crippen molar-refractivity contribution in [2.45, 2.75) is 19.4 Å². The predicted octanol–water partition coefficient (Wildman–Crippen LogP) is 0.536. The largest absolute Gasteiger partial charge is 0.302 e. The SMILES string of the molecule is CCN1CCC(N(C)CC#N)C1. The van der Waals surface area contributed by atoms with Gasteiger partial charge in [-0.2, -0.15) is 5.26 Å². The van der Waals surface area contributed by atoms with E-state index in [1.807, 2.05) is 7.05 Å². The van der Waals surface area contributed by atoms with E-state index in [0.717, 1.165) is 13.1 Å². The summed E-state index contributed by atoms with van der Waals surface area (Å²) in [6.07, 6.45) is 1.21. The third-order valence-electron chi connectivity index (χ3n) is 2.64. The Hall–Kier alpha value is -0.590. The number of nitriles is 1. The van der Waals surface area contributed by atoms with Gasteiger partial charge in [0.1, 0.15) is 0 Å². The van der Waals surface area contributed by atoms with Gasteiger partial charge >= 0.3 is 0 Å². The number of likely N-dealkylation sites (N-methyl/N-ethyl adjacent to an activating group) is 2. The van der Waals surface area contributed by atoms with Crippen LogP contribution in [-0.4, -0.2) is 49.1 Å². The first kappa shape index (κ1) is 9.50. The van der Waals surface area contributed by atoms with Crippen molar-refractivity contribution in [2.75, 3.05) is 33.2 Å². The van der Waals surface area contributed by atoms with Gasteiger partial charge in [-0.1, -0.05) is 6.92 Å². The maximum atomic E-state index is 8.51. The first-order valence-electron chi connectivity index (χ1n) is 4.57. The van der Waals surface area contributed by atoms with Crippen LogP contribution in [0.25, 0.3) is 0 Å². The minimum absolute atomic E-state index is 0.558. The highest BCUT2D eigenvalue weighted by atomic mass is 15.2. The number of hydrogen-bond acceptors (Lipinski definition) is 3. The molecule has 1 unspecified atom stereocenters. The molecule has 0 aromatic carbocycles. The molecule has 1 fully saturated rings. The Bertz CT molecular complexity index is 173. The number of likely N-dealkylation sites (tertiary alicyclic amines) is 1. The molecule has 1 heterocycles. The van der Waals surface area contributed by atoms with Crippen LogP contribution in [0.3, 0.4) is 0 Å². The maximum Gasteiger partial charge on any atom is 0.0866 e. The monoisotopic (exact) mass is 167 g/mol. The van der Waals surface area contributed by atoms with Crippen molar-refractivity contribution in [3.63, 3.8) is 0 Å². The summed E-state index contributed by atoms with van der Waals surface area (Å²) < 4.78 is 0. The van der Waals surface area contributed by atoms with Gasteiger partial charge in [0.25, 0.3) is 0 Å². The van der Waals surface area contributed by atoms with E-state index in [1.54, 1.807) is 0 Å².